The number of aliphatic hydroxyl groups excluding tert-OH is 1. The molecule has 0 radical (unpaired) electrons. The smallest absolute Gasteiger partial charge is 0.259 e. The average molecular weight is 393 g/mol. The van der Waals surface area contributed by atoms with Crippen LogP contribution < -0.4 is 0 Å². The average Bonchev–Trinajstić information content (AvgIpc) is 2.72. The standard InChI is InChI=1S/C16H16Cl2F2N2O3/c17-9-1-2-10(11(18)7-9)13-14(23)16(3-5-21(25)6-4-16)22(15(13)24)8-12(19)20/h1-2,7,12,23,25H,3-6,8H2. The summed E-state index contributed by atoms with van der Waals surface area (Å²) in [5.41, 5.74) is -1.10. The molecule has 0 aliphatic carbocycles. The number of alkyl halides is 2. The van der Waals surface area contributed by atoms with Gasteiger partial charge in [-0.15, -0.1) is 0 Å². The van der Waals surface area contributed by atoms with E-state index in [1.807, 2.05) is 0 Å². The Labute approximate surface area is 153 Å². The molecule has 1 aromatic rings. The van der Waals surface area contributed by atoms with Crippen molar-refractivity contribution in [3.63, 3.8) is 0 Å². The second kappa shape index (κ2) is 6.72. The van der Waals surface area contributed by atoms with Gasteiger partial charge in [0.05, 0.1) is 17.1 Å². The van der Waals surface area contributed by atoms with Gasteiger partial charge in [-0.3, -0.25) is 4.79 Å². The van der Waals surface area contributed by atoms with Gasteiger partial charge in [-0.05, 0) is 25.0 Å². The predicted molar refractivity (Wildman–Crippen MR) is 89.1 cm³/mol. The number of hydroxylamine groups is 2. The Balaban J connectivity index is 2.10. The fourth-order valence-corrected chi connectivity index (χ4v) is 4.00. The number of carbonyl (C=O) groups is 1. The lowest BCUT2D eigenvalue weighted by Crippen LogP contribution is -2.55. The summed E-state index contributed by atoms with van der Waals surface area (Å²) in [5, 5.41) is 22.0. The van der Waals surface area contributed by atoms with Crippen LogP contribution in [0.25, 0.3) is 5.57 Å². The molecular weight excluding hydrogens is 377 g/mol. The lowest BCUT2D eigenvalue weighted by molar-refractivity contribution is -0.147. The number of halogens is 4. The number of hydrogen-bond donors (Lipinski definition) is 2. The SMILES string of the molecule is O=C1C(c2ccc(Cl)cc2Cl)=C(O)C2(CCN(O)CC2)N1CC(F)F. The van der Waals surface area contributed by atoms with Crippen molar-refractivity contribution in [1.29, 1.82) is 0 Å². The first-order valence-corrected chi connectivity index (χ1v) is 8.45. The molecule has 0 bridgehead atoms. The third kappa shape index (κ3) is 3.10. The molecule has 9 heteroatoms. The summed E-state index contributed by atoms with van der Waals surface area (Å²) in [5.74, 6) is -0.983. The number of piperidine rings is 1. The molecule has 0 saturated carbocycles. The third-order valence-electron chi connectivity index (χ3n) is 4.74. The highest BCUT2D eigenvalue weighted by Gasteiger charge is 2.54. The first-order valence-electron chi connectivity index (χ1n) is 7.69. The summed E-state index contributed by atoms with van der Waals surface area (Å²) in [6.07, 6.45) is -2.47. The number of amides is 1. The van der Waals surface area contributed by atoms with Crippen LogP contribution >= 0.6 is 23.2 Å². The maximum absolute atomic E-state index is 13.1. The molecule has 0 unspecified atom stereocenters. The minimum absolute atomic E-state index is 0.0892. The fourth-order valence-electron chi connectivity index (χ4n) is 3.49. The third-order valence-corrected chi connectivity index (χ3v) is 5.29. The molecule has 0 atom stereocenters. The summed E-state index contributed by atoms with van der Waals surface area (Å²) in [4.78, 5) is 13.9. The summed E-state index contributed by atoms with van der Waals surface area (Å²) in [6.45, 7) is -0.500. The molecule has 1 amide bonds. The molecule has 2 aliphatic heterocycles. The van der Waals surface area contributed by atoms with E-state index in [-0.39, 0.29) is 47.8 Å². The Morgan fingerprint density at radius 1 is 1.24 bits per heavy atom. The zero-order valence-corrected chi connectivity index (χ0v) is 14.6. The van der Waals surface area contributed by atoms with Crippen molar-refractivity contribution in [1.82, 2.24) is 9.96 Å². The van der Waals surface area contributed by atoms with Crippen molar-refractivity contribution in [2.45, 2.75) is 24.8 Å². The molecule has 1 fully saturated rings. The number of nitrogens with zero attached hydrogens (tertiary/aromatic N) is 2. The van der Waals surface area contributed by atoms with E-state index in [1.165, 1.54) is 18.2 Å². The Bertz CT molecular complexity index is 734. The minimum Gasteiger partial charge on any atom is -0.509 e. The van der Waals surface area contributed by atoms with Gasteiger partial charge >= 0.3 is 0 Å². The van der Waals surface area contributed by atoms with Crippen molar-refractivity contribution in [2.75, 3.05) is 19.6 Å². The molecule has 1 spiro atoms. The zero-order chi connectivity index (χ0) is 18.4. The first kappa shape index (κ1) is 18.4. The topological polar surface area (TPSA) is 64.0 Å². The van der Waals surface area contributed by atoms with Gasteiger partial charge in [0.2, 0.25) is 0 Å². The maximum atomic E-state index is 13.1. The highest BCUT2D eigenvalue weighted by molar-refractivity contribution is 6.37. The number of aliphatic hydroxyl groups is 1. The van der Waals surface area contributed by atoms with Crippen LogP contribution in [0.1, 0.15) is 18.4 Å². The van der Waals surface area contributed by atoms with Crippen LogP contribution in [-0.2, 0) is 4.79 Å². The van der Waals surface area contributed by atoms with E-state index in [0.717, 1.165) is 9.96 Å². The van der Waals surface area contributed by atoms with Gasteiger partial charge in [-0.1, -0.05) is 29.3 Å². The van der Waals surface area contributed by atoms with Crippen molar-refractivity contribution in [3.05, 3.63) is 39.6 Å². The van der Waals surface area contributed by atoms with Gasteiger partial charge < -0.3 is 15.2 Å². The number of rotatable bonds is 3. The molecule has 3 rings (SSSR count). The van der Waals surface area contributed by atoms with Gasteiger partial charge in [0.1, 0.15) is 11.3 Å². The summed E-state index contributed by atoms with van der Waals surface area (Å²) in [7, 11) is 0. The van der Waals surface area contributed by atoms with Crippen LogP contribution in [0.3, 0.4) is 0 Å². The van der Waals surface area contributed by atoms with Crippen LogP contribution in [0, 0.1) is 0 Å². The molecule has 1 aromatic carbocycles. The summed E-state index contributed by atoms with van der Waals surface area (Å²) >= 11 is 12.0. The molecule has 1 saturated heterocycles. The van der Waals surface area contributed by atoms with E-state index in [2.05, 4.69) is 0 Å². The van der Waals surface area contributed by atoms with Gasteiger partial charge in [-0.2, -0.15) is 5.06 Å². The second-order valence-electron chi connectivity index (χ2n) is 6.14. The summed E-state index contributed by atoms with van der Waals surface area (Å²) in [6, 6.07) is 4.41. The predicted octanol–water partition coefficient (Wildman–Crippen LogP) is 3.59. The Hall–Kier alpha value is -1.41. The molecule has 5 nitrogen and oxygen atoms in total. The van der Waals surface area contributed by atoms with Gasteiger partial charge in [0.25, 0.3) is 12.3 Å². The van der Waals surface area contributed by atoms with Crippen LogP contribution in [0.4, 0.5) is 8.78 Å². The summed E-state index contributed by atoms with van der Waals surface area (Å²) < 4.78 is 26.1. The van der Waals surface area contributed by atoms with E-state index in [0.29, 0.717) is 5.02 Å². The molecule has 136 valence electrons. The first-order chi connectivity index (χ1) is 11.8. The fraction of sp³-hybridized carbons (Fsp3) is 0.438. The van der Waals surface area contributed by atoms with Crippen molar-refractivity contribution < 1.29 is 23.9 Å². The van der Waals surface area contributed by atoms with Gasteiger partial charge in [0.15, 0.2) is 0 Å². The van der Waals surface area contributed by atoms with Gasteiger partial charge in [-0.25, -0.2) is 8.78 Å². The lowest BCUT2D eigenvalue weighted by atomic mass is 9.85. The molecule has 2 aliphatic rings. The molecular formula is C16H16Cl2F2N2O3. The Morgan fingerprint density at radius 3 is 2.44 bits per heavy atom. The quantitative estimate of drug-likeness (QED) is 0.824. The largest absolute Gasteiger partial charge is 0.509 e. The normalized spacial score (nSPS) is 21.0. The maximum Gasteiger partial charge on any atom is 0.259 e. The highest BCUT2D eigenvalue weighted by atomic mass is 35.5. The van der Waals surface area contributed by atoms with Crippen molar-refractivity contribution >= 4 is 34.7 Å². The van der Waals surface area contributed by atoms with E-state index < -0.39 is 24.4 Å². The van der Waals surface area contributed by atoms with Gasteiger partial charge in [0, 0.05) is 23.7 Å². The Kier molecular flexibility index (Phi) is 4.94. The number of benzene rings is 1. The minimum atomic E-state index is -2.75. The van der Waals surface area contributed by atoms with E-state index in [9.17, 15) is 23.9 Å². The zero-order valence-electron chi connectivity index (χ0n) is 13.1. The van der Waals surface area contributed by atoms with Crippen LogP contribution in [0.5, 0.6) is 0 Å². The monoisotopic (exact) mass is 392 g/mol. The van der Waals surface area contributed by atoms with Crippen molar-refractivity contribution in [3.8, 4) is 0 Å². The molecule has 2 N–H and O–H groups in total. The van der Waals surface area contributed by atoms with E-state index in [4.69, 9.17) is 23.2 Å². The van der Waals surface area contributed by atoms with Crippen LogP contribution in [-0.4, -0.2) is 57.8 Å². The van der Waals surface area contributed by atoms with Crippen molar-refractivity contribution in [2.24, 2.45) is 0 Å². The molecule has 0 aromatic heterocycles. The number of carbonyl (C=O) groups excluding carboxylic acids is 1. The second-order valence-corrected chi connectivity index (χ2v) is 6.98. The van der Waals surface area contributed by atoms with E-state index >= 15 is 0 Å². The van der Waals surface area contributed by atoms with Crippen LogP contribution in [0.2, 0.25) is 10.0 Å². The molecule has 2 heterocycles. The highest BCUT2D eigenvalue weighted by Crippen LogP contribution is 2.46. The van der Waals surface area contributed by atoms with Crippen LogP contribution in [0.15, 0.2) is 24.0 Å². The number of hydrogen-bond acceptors (Lipinski definition) is 4. The Morgan fingerprint density at radius 2 is 1.88 bits per heavy atom. The van der Waals surface area contributed by atoms with E-state index in [1.54, 1.807) is 0 Å². The molecule has 25 heavy (non-hydrogen) atoms. The lowest BCUT2D eigenvalue weighted by Gasteiger charge is -2.43.